The van der Waals surface area contributed by atoms with Crippen LogP contribution in [0.3, 0.4) is 0 Å². The summed E-state index contributed by atoms with van der Waals surface area (Å²) in [5.41, 5.74) is 2.31. The summed E-state index contributed by atoms with van der Waals surface area (Å²) in [5.74, 6) is -1.05. The largest absolute Gasteiger partial charge is 0.508 e. The summed E-state index contributed by atoms with van der Waals surface area (Å²) in [6.45, 7) is 1.83. The van der Waals surface area contributed by atoms with Crippen molar-refractivity contribution in [2.24, 2.45) is 0 Å². The summed E-state index contributed by atoms with van der Waals surface area (Å²) in [7, 11) is 1.55. The summed E-state index contributed by atoms with van der Waals surface area (Å²) < 4.78 is 5.27. The maximum Gasteiger partial charge on any atom is 0.300 e. The molecule has 1 aliphatic rings. The molecular weight excluding hydrogens is 394 g/mol. The van der Waals surface area contributed by atoms with Gasteiger partial charge in [-0.3, -0.25) is 14.5 Å². The van der Waals surface area contributed by atoms with Gasteiger partial charge in [0.05, 0.1) is 18.7 Å². The van der Waals surface area contributed by atoms with Crippen molar-refractivity contribution in [1.29, 1.82) is 0 Å². The van der Waals surface area contributed by atoms with E-state index < -0.39 is 17.7 Å². The molecule has 0 saturated carbocycles. The summed E-state index contributed by atoms with van der Waals surface area (Å²) in [6, 6.07) is 19.3. The highest BCUT2D eigenvalue weighted by molar-refractivity contribution is 6.51. The molecule has 0 bridgehead atoms. The van der Waals surface area contributed by atoms with E-state index in [0.717, 1.165) is 5.56 Å². The van der Waals surface area contributed by atoms with Gasteiger partial charge in [0.15, 0.2) is 0 Å². The summed E-state index contributed by atoms with van der Waals surface area (Å²) in [5, 5.41) is 20.8. The van der Waals surface area contributed by atoms with Gasteiger partial charge in [-0.15, -0.1) is 0 Å². The number of benzene rings is 3. The van der Waals surface area contributed by atoms with Crippen LogP contribution in [-0.2, 0) is 9.59 Å². The van der Waals surface area contributed by atoms with Gasteiger partial charge in [-0.2, -0.15) is 0 Å². The zero-order chi connectivity index (χ0) is 22.1. The van der Waals surface area contributed by atoms with E-state index in [2.05, 4.69) is 0 Å². The van der Waals surface area contributed by atoms with Crippen LogP contribution in [0, 0.1) is 6.92 Å². The predicted molar refractivity (Wildman–Crippen MR) is 117 cm³/mol. The van der Waals surface area contributed by atoms with Gasteiger partial charge in [-0.1, -0.05) is 30.3 Å². The standard InChI is InChI=1S/C25H21NO5/c1-15-14-17(10-13-20(15)31-2)23(28)21-22(16-8-11-19(27)12-9-16)26(25(30)24(21)29)18-6-4-3-5-7-18/h3-14,22,27-28H,1-2H3/b23-21-. The second-order valence-corrected chi connectivity index (χ2v) is 7.28. The van der Waals surface area contributed by atoms with E-state index in [1.807, 2.05) is 13.0 Å². The quantitative estimate of drug-likeness (QED) is 0.376. The van der Waals surface area contributed by atoms with Gasteiger partial charge < -0.3 is 14.9 Å². The van der Waals surface area contributed by atoms with Crippen molar-refractivity contribution < 1.29 is 24.5 Å². The van der Waals surface area contributed by atoms with Crippen molar-refractivity contribution in [2.45, 2.75) is 13.0 Å². The van der Waals surface area contributed by atoms with E-state index in [4.69, 9.17) is 4.74 Å². The Hall–Kier alpha value is -4.06. The van der Waals surface area contributed by atoms with Gasteiger partial charge in [0, 0.05) is 11.3 Å². The lowest BCUT2D eigenvalue weighted by Crippen LogP contribution is -2.29. The monoisotopic (exact) mass is 415 g/mol. The molecule has 2 N–H and O–H groups in total. The molecule has 156 valence electrons. The number of aliphatic hydroxyl groups is 1. The number of ether oxygens (including phenoxy) is 1. The maximum atomic E-state index is 13.1. The number of ketones is 1. The van der Waals surface area contributed by atoms with Crippen LogP contribution in [0.25, 0.3) is 5.76 Å². The number of Topliss-reactive ketones (excluding diaryl/α,β-unsaturated/α-hetero) is 1. The highest BCUT2D eigenvalue weighted by Gasteiger charge is 2.46. The van der Waals surface area contributed by atoms with E-state index in [0.29, 0.717) is 22.6 Å². The minimum atomic E-state index is -0.842. The molecule has 1 unspecified atom stereocenters. The van der Waals surface area contributed by atoms with Crippen molar-refractivity contribution >= 4 is 23.1 Å². The number of carbonyl (C=O) groups is 2. The molecule has 3 aromatic rings. The lowest BCUT2D eigenvalue weighted by atomic mass is 9.94. The Morgan fingerprint density at radius 2 is 1.65 bits per heavy atom. The number of para-hydroxylation sites is 1. The molecule has 1 saturated heterocycles. The molecule has 0 aliphatic carbocycles. The van der Waals surface area contributed by atoms with Crippen LogP contribution >= 0.6 is 0 Å². The number of anilines is 1. The van der Waals surface area contributed by atoms with Crippen LogP contribution in [0.5, 0.6) is 11.5 Å². The Bertz CT molecular complexity index is 1180. The van der Waals surface area contributed by atoms with Crippen LogP contribution < -0.4 is 9.64 Å². The number of amides is 1. The molecule has 3 aromatic carbocycles. The zero-order valence-electron chi connectivity index (χ0n) is 17.1. The topological polar surface area (TPSA) is 87.1 Å². The minimum absolute atomic E-state index is 0.0101. The first-order chi connectivity index (χ1) is 14.9. The Labute approximate surface area is 179 Å². The second-order valence-electron chi connectivity index (χ2n) is 7.28. The Morgan fingerprint density at radius 3 is 2.26 bits per heavy atom. The van der Waals surface area contributed by atoms with Gasteiger partial charge in [-0.25, -0.2) is 0 Å². The fraction of sp³-hybridized carbons (Fsp3) is 0.120. The number of rotatable bonds is 4. The third-order valence-electron chi connectivity index (χ3n) is 5.36. The Kier molecular flexibility index (Phi) is 5.21. The lowest BCUT2D eigenvalue weighted by molar-refractivity contribution is -0.132. The SMILES string of the molecule is COc1ccc(/C(O)=C2/C(=O)C(=O)N(c3ccccc3)C2c2ccc(O)cc2)cc1C. The van der Waals surface area contributed by atoms with Crippen molar-refractivity contribution in [2.75, 3.05) is 12.0 Å². The molecule has 1 atom stereocenters. The van der Waals surface area contributed by atoms with E-state index in [9.17, 15) is 19.8 Å². The summed E-state index contributed by atoms with van der Waals surface area (Å²) >= 11 is 0. The number of phenols is 1. The molecule has 6 nitrogen and oxygen atoms in total. The number of carbonyl (C=O) groups excluding carboxylic acids is 2. The number of aromatic hydroxyl groups is 1. The molecule has 4 rings (SSSR count). The third kappa shape index (κ3) is 3.53. The maximum absolute atomic E-state index is 13.1. The average molecular weight is 415 g/mol. The van der Waals surface area contributed by atoms with Crippen LogP contribution in [0.1, 0.15) is 22.7 Å². The number of aryl methyl sites for hydroxylation is 1. The number of phenolic OH excluding ortho intramolecular Hbond substituents is 1. The fourth-order valence-corrected chi connectivity index (χ4v) is 3.84. The smallest absolute Gasteiger partial charge is 0.300 e. The molecule has 1 aliphatic heterocycles. The molecule has 1 heterocycles. The zero-order valence-corrected chi connectivity index (χ0v) is 17.1. The summed E-state index contributed by atoms with van der Waals surface area (Å²) in [6.07, 6.45) is 0. The second kappa shape index (κ2) is 7.99. The highest BCUT2D eigenvalue weighted by atomic mass is 16.5. The molecule has 0 aromatic heterocycles. The molecule has 31 heavy (non-hydrogen) atoms. The van der Waals surface area contributed by atoms with E-state index in [-0.39, 0.29) is 17.1 Å². The van der Waals surface area contributed by atoms with Gasteiger partial charge in [0.1, 0.15) is 17.3 Å². The van der Waals surface area contributed by atoms with E-state index in [1.54, 1.807) is 61.7 Å². The average Bonchev–Trinajstić information content (AvgIpc) is 3.05. The van der Waals surface area contributed by atoms with Crippen molar-refractivity contribution in [1.82, 2.24) is 0 Å². The van der Waals surface area contributed by atoms with Gasteiger partial charge in [-0.05, 0) is 60.5 Å². The lowest BCUT2D eigenvalue weighted by Gasteiger charge is -2.25. The van der Waals surface area contributed by atoms with E-state index >= 15 is 0 Å². The number of nitrogens with zero attached hydrogens (tertiary/aromatic N) is 1. The van der Waals surface area contributed by atoms with E-state index in [1.165, 1.54) is 17.0 Å². The number of methoxy groups -OCH3 is 1. The summed E-state index contributed by atoms with van der Waals surface area (Å²) in [4.78, 5) is 27.5. The highest BCUT2D eigenvalue weighted by Crippen LogP contribution is 2.42. The minimum Gasteiger partial charge on any atom is -0.508 e. The molecule has 0 radical (unpaired) electrons. The Morgan fingerprint density at radius 1 is 0.968 bits per heavy atom. The van der Waals surface area contributed by atoms with Crippen LogP contribution in [0.15, 0.2) is 78.4 Å². The third-order valence-corrected chi connectivity index (χ3v) is 5.36. The van der Waals surface area contributed by atoms with Crippen molar-refractivity contribution in [3.8, 4) is 11.5 Å². The predicted octanol–water partition coefficient (Wildman–Crippen LogP) is 4.34. The normalized spacial score (nSPS) is 17.7. The van der Waals surface area contributed by atoms with Gasteiger partial charge >= 0.3 is 0 Å². The number of aliphatic hydroxyl groups excluding tert-OH is 1. The molecule has 1 amide bonds. The number of hydrogen-bond donors (Lipinski definition) is 2. The first-order valence-electron chi connectivity index (χ1n) is 9.72. The number of hydrogen-bond acceptors (Lipinski definition) is 5. The van der Waals surface area contributed by atoms with Crippen LogP contribution in [-0.4, -0.2) is 29.0 Å². The van der Waals surface area contributed by atoms with Gasteiger partial charge in [0.25, 0.3) is 11.7 Å². The van der Waals surface area contributed by atoms with Crippen LogP contribution in [0.4, 0.5) is 5.69 Å². The fourth-order valence-electron chi connectivity index (χ4n) is 3.84. The first-order valence-corrected chi connectivity index (χ1v) is 9.72. The Balaban J connectivity index is 1.93. The molecule has 6 heteroatoms. The van der Waals surface area contributed by atoms with Gasteiger partial charge in [0.2, 0.25) is 0 Å². The molecular formula is C25H21NO5. The van der Waals surface area contributed by atoms with Crippen molar-refractivity contribution in [3.63, 3.8) is 0 Å². The first kappa shape index (κ1) is 20.2. The molecule has 0 spiro atoms. The van der Waals surface area contributed by atoms with Crippen LogP contribution in [0.2, 0.25) is 0 Å². The molecule has 1 fully saturated rings. The van der Waals surface area contributed by atoms with Crippen molar-refractivity contribution in [3.05, 3.63) is 95.1 Å².